The monoisotopic (exact) mass is 445 g/mol. The van der Waals surface area contributed by atoms with Crippen molar-refractivity contribution in [1.29, 1.82) is 0 Å². The van der Waals surface area contributed by atoms with E-state index in [1.165, 1.54) is 26.6 Å². The third-order valence-electron chi connectivity index (χ3n) is 4.94. The predicted molar refractivity (Wildman–Crippen MR) is 108 cm³/mol. The van der Waals surface area contributed by atoms with Crippen LogP contribution in [-0.2, 0) is 27.7 Å². The summed E-state index contributed by atoms with van der Waals surface area (Å²) >= 11 is 8.44. The molecular formula is C17H20ClN3O3S3. The third-order valence-corrected chi connectivity index (χ3v) is 9.62. The summed E-state index contributed by atoms with van der Waals surface area (Å²) < 4.78 is 27.9. The smallest absolute Gasteiger partial charge is 0.253 e. The van der Waals surface area contributed by atoms with Crippen LogP contribution in [0.2, 0.25) is 4.34 Å². The molecule has 6 nitrogen and oxygen atoms in total. The largest absolute Gasteiger partial charge is 0.301 e. The lowest BCUT2D eigenvalue weighted by molar-refractivity contribution is -0.120. The van der Waals surface area contributed by atoms with E-state index in [0.717, 1.165) is 55.6 Å². The summed E-state index contributed by atoms with van der Waals surface area (Å²) in [6.45, 7) is 0.338. The number of amides is 1. The Morgan fingerprint density at radius 2 is 2.00 bits per heavy atom. The minimum atomic E-state index is -3.74. The number of halogens is 1. The van der Waals surface area contributed by atoms with E-state index in [4.69, 9.17) is 11.6 Å². The van der Waals surface area contributed by atoms with E-state index in [0.29, 0.717) is 22.4 Å². The number of nitrogens with one attached hydrogen (secondary N) is 1. The quantitative estimate of drug-likeness (QED) is 0.773. The van der Waals surface area contributed by atoms with Crippen molar-refractivity contribution >= 4 is 55.3 Å². The second-order valence-electron chi connectivity index (χ2n) is 6.77. The summed E-state index contributed by atoms with van der Waals surface area (Å²) in [5.74, 6) is -0.299. The van der Waals surface area contributed by atoms with E-state index >= 15 is 0 Å². The van der Waals surface area contributed by atoms with E-state index in [-0.39, 0.29) is 10.1 Å². The molecule has 4 rings (SSSR count). The maximum Gasteiger partial charge on any atom is 0.253 e. The molecule has 27 heavy (non-hydrogen) atoms. The number of carbonyl (C=O) groups is 1. The molecule has 0 aromatic carbocycles. The van der Waals surface area contributed by atoms with Gasteiger partial charge in [-0.3, -0.25) is 4.79 Å². The molecule has 0 unspecified atom stereocenters. The van der Waals surface area contributed by atoms with Crippen molar-refractivity contribution < 1.29 is 13.2 Å². The Morgan fingerprint density at radius 3 is 2.74 bits per heavy atom. The van der Waals surface area contributed by atoms with Gasteiger partial charge in [0.15, 0.2) is 5.13 Å². The van der Waals surface area contributed by atoms with Gasteiger partial charge in [0.1, 0.15) is 10.3 Å². The third kappa shape index (κ3) is 3.93. The molecule has 0 spiro atoms. The van der Waals surface area contributed by atoms with Gasteiger partial charge in [0.25, 0.3) is 10.0 Å². The highest BCUT2D eigenvalue weighted by molar-refractivity contribution is 7.91. The number of thiophene rings is 1. The molecule has 3 heterocycles. The van der Waals surface area contributed by atoms with Crippen LogP contribution in [0.1, 0.15) is 42.7 Å². The number of aryl methyl sites for hydroxylation is 2. The van der Waals surface area contributed by atoms with Crippen molar-refractivity contribution in [3.63, 3.8) is 0 Å². The van der Waals surface area contributed by atoms with Crippen LogP contribution in [0.15, 0.2) is 16.3 Å². The van der Waals surface area contributed by atoms with Crippen molar-refractivity contribution in [2.24, 2.45) is 0 Å². The Bertz CT molecular complexity index is 930. The molecule has 0 saturated carbocycles. The minimum Gasteiger partial charge on any atom is -0.301 e. The minimum absolute atomic E-state index is 0.178. The molecule has 0 radical (unpaired) electrons. The van der Waals surface area contributed by atoms with Crippen molar-refractivity contribution in [3.8, 4) is 0 Å². The lowest BCUT2D eigenvalue weighted by atomic mass is 10.0. The van der Waals surface area contributed by atoms with Gasteiger partial charge in [0.05, 0.1) is 10.0 Å². The SMILES string of the molecule is O=C(Nc1nc2c(s1)CCCC2)[C@H]1CCCCN1S(=O)(=O)c1ccc(Cl)s1. The van der Waals surface area contributed by atoms with Gasteiger partial charge in [-0.1, -0.05) is 18.0 Å². The molecule has 2 aromatic heterocycles. The first-order chi connectivity index (χ1) is 12.9. The van der Waals surface area contributed by atoms with Gasteiger partial charge in [-0.05, 0) is 50.7 Å². The molecule has 1 aliphatic heterocycles. The number of carbonyl (C=O) groups excluding carboxylic acids is 1. The number of sulfonamides is 1. The summed E-state index contributed by atoms with van der Waals surface area (Å²) in [4.78, 5) is 18.7. The maximum absolute atomic E-state index is 13.0. The first kappa shape index (κ1) is 19.3. The van der Waals surface area contributed by atoms with E-state index in [2.05, 4.69) is 10.3 Å². The number of nitrogens with zero attached hydrogens (tertiary/aromatic N) is 2. The number of hydrogen-bond donors (Lipinski definition) is 1. The molecule has 1 amide bonds. The fourth-order valence-corrected chi connectivity index (χ4v) is 7.92. The molecule has 2 aromatic rings. The molecular weight excluding hydrogens is 426 g/mol. The second kappa shape index (κ2) is 7.79. The standard InChI is InChI=1S/C17H20ClN3O3S3/c18-14-8-9-15(26-14)27(23,24)21-10-4-3-6-12(21)16(22)20-17-19-11-5-1-2-7-13(11)25-17/h8-9,12H,1-7,10H2,(H,19,20,22)/t12-/m1/s1. The Morgan fingerprint density at radius 1 is 1.19 bits per heavy atom. The van der Waals surface area contributed by atoms with Gasteiger partial charge < -0.3 is 5.32 Å². The Hall–Kier alpha value is -1.000. The van der Waals surface area contributed by atoms with E-state index in [1.807, 2.05) is 0 Å². The summed E-state index contributed by atoms with van der Waals surface area (Å²) in [5.41, 5.74) is 1.07. The zero-order valence-corrected chi connectivity index (χ0v) is 17.8. The molecule has 1 fully saturated rings. The Balaban J connectivity index is 1.55. The van der Waals surface area contributed by atoms with Gasteiger partial charge in [-0.25, -0.2) is 13.4 Å². The average Bonchev–Trinajstić information content (AvgIpc) is 3.27. The second-order valence-corrected chi connectivity index (χ2v) is 11.7. The molecule has 1 saturated heterocycles. The van der Waals surface area contributed by atoms with Crippen molar-refractivity contribution in [2.75, 3.05) is 11.9 Å². The molecule has 1 atom stereocenters. The molecule has 1 aliphatic carbocycles. The van der Waals surface area contributed by atoms with Crippen LogP contribution in [-0.4, -0.2) is 36.2 Å². The average molecular weight is 446 g/mol. The number of rotatable bonds is 4. The van der Waals surface area contributed by atoms with E-state index in [9.17, 15) is 13.2 Å². The van der Waals surface area contributed by atoms with Crippen LogP contribution in [0.25, 0.3) is 0 Å². The van der Waals surface area contributed by atoms with Crippen molar-refractivity contribution in [3.05, 3.63) is 27.0 Å². The first-order valence-electron chi connectivity index (χ1n) is 9.02. The molecule has 0 bridgehead atoms. The molecule has 2 aliphatic rings. The fraction of sp³-hybridized carbons (Fsp3) is 0.529. The van der Waals surface area contributed by atoms with Gasteiger partial charge in [-0.2, -0.15) is 4.31 Å². The van der Waals surface area contributed by atoms with Crippen molar-refractivity contribution in [1.82, 2.24) is 9.29 Å². The Labute approximate surface area is 171 Å². The highest BCUT2D eigenvalue weighted by Crippen LogP contribution is 2.33. The molecule has 10 heteroatoms. The number of hydrogen-bond acceptors (Lipinski definition) is 6. The van der Waals surface area contributed by atoms with E-state index < -0.39 is 16.1 Å². The highest BCUT2D eigenvalue weighted by atomic mass is 35.5. The zero-order valence-electron chi connectivity index (χ0n) is 14.6. The number of anilines is 1. The van der Waals surface area contributed by atoms with Crippen LogP contribution in [0.5, 0.6) is 0 Å². The van der Waals surface area contributed by atoms with Gasteiger partial charge in [0.2, 0.25) is 5.91 Å². The van der Waals surface area contributed by atoms with Gasteiger partial charge in [-0.15, -0.1) is 22.7 Å². The normalized spacial score (nSPS) is 21.0. The number of aromatic nitrogens is 1. The van der Waals surface area contributed by atoms with E-state index in [1.54, 1.807) is 6.07 Å². The Kier molecular flexibility index (Phi) is 5.57. The topological polar surface area (TPSA) is 79.4 Å². The summed E-state index contributed by atoms with van der Waals surface area (Å²) in [5, 5.41) is 3.45. The van der Waals surface area contributed by atoms with Crippen LogP contribution < -0.4 is 5.32 Å². The van der Waals surface area contributed by atoms with Crippen molar-refractivity contribution in [2.45, 2.75) is 55.2 Å². The lowest BCUT2D eigenvalue weighted by Gasteiger charge is -2.32. The van der Waals surface area contributed by atoms with Gasteiger partial charge >= 0.3 is 0 Å². The molecule has 1 N–H and O–H groups in total. The number of thiazole rings is 1. The highest BCUT2D eigenvalue weighted by Gasteiger charge is 2.38. The van der Waals surface area contributed by atoms with Crippen LogP contribution in [0, 0.1) is 0 Å². The fourth-order valence-electron chi connectivity index (χ4n) is 3.60. The maximum atomic E-state index is 13.0. The summed E-state index contributed by atoms with van der Waals surface area (Å²) in [6.07, 6.45) is 6.31. The summed E-state index contributed by atoms with van der Waals surface area (Å²) in [6, 6.07) is 2.35. The van der Waals surface area contributed by atoms with Gasteiger partial charge in [0, 0.05) is 11.4 Å². The molecule has 146 valence electrons. The number of piperidine rings is 1. The number of fused-ring (bicyclic) bond motifs is 1. The predicted octanol–water partition coefficient (Wildman–Crippen LogP) is 3.92. The first-order valence-corrected chi connectivity index (χ1v) is 12.5. The zero-order chi connectivity index (χ0) is 19.0. The lowest BCUT2D eigenvalue weighted by Crippen LogP contribution is -2.49. The van der Waals surface area contributed by atoms with Crippen LogP contribution in [0.3, 0.4) is 0 Å². The van der Waals surface area contributed by atoms with Crippen LogP contribution >= 0.6 is 34.3 Å². The summed E-state index contributed by atoms with van der Waals surface area (Å²) in [7, 11) is -3.74. The van der Waals surface area contributed by atoms with Crippen LogP contribution in [0.4, 0.5) is 5.13 Å².